The number of rotatable bonds is 4. The number of carbonyl (C=O) groups is 1. The van der Waals surface area contributed by atoms with E-state index in [2.05, 4.69) is 11.2 Å². The Morgan fingerprint density at radius 1 is 1.69 bits per heavy atom. The molecular weight excluding hydrogens is 204 g/mol. The van der Waals surface area contributed by atoms with E-state index >= 15 is 0 Å². The van der Waals surface area contributed by atoms with Crippen LogP contribution in [-0.4, -0.2) is 47.2 Å². The molecule has 1 saturated heterocycles. The molecule has 0 radical (unpaired) electrons. The molecule has 4 nitrogen and oxygen atoms in total. The summed E-state index contributed by atoms with van der Waals surface area (Å²) >= 11 is 0. The van der Waals surface area contributed by atoms with Gasteiger partial charge in [0, 0.05) is 13.1 Å². The van der Waals surface area contributed by atoms with Crippen molar-refractivity contribution < 1.29 is 9.90 Å². The zero-order valence-electron chi connectivity index (χ0n) is 9.57. The molecule has 0 aromatic heterocycles. The van der Waals surface area contributed by atoms with E-state index in [-0.39, 0.29) is 18.5 Å². The Hall–Kier alpha value is -1.05. The second kappa shape index (κ2) is 4.08. The van der Waals surface area contributed by atoms with Crippen molar-refractivity contribution in [2.45, 2.75) is 31.4 Å². The van der Waals surface area contributed by atoms with E-state index in [0.29, 0.717) is 19.0 Å². The zero-order valence-corrected chi connectivity index (χ0v) is 9.57. The second-order valence-corrected chi connectivity index (χ2v) is 4.88. The smallest absolute Gasteiger partial charge is 0.237 e. The number of likely N-dealkylation sites (tertiary alicyclic amines) is 1. The van der Waals surface area contributed by atoms with Crippen LogP contribution in [0, 0.1) is 18.3 Å². The number of aliphatic hydroxyl groups is 1. The molecule has 16 heavy (non-hydrogen) atoms. The van der Waals surface area contributed by atoms with Crippen molar-refractivity contribution in [1.29, 1.82) is 0 Å². The van der Waals surface area contributed by atoms with Crippen LogP contribution in [0.2, 0.25) is 0 Å². The molecule has 0 aromatic carbocycles. The molecule has 1 amide bonds. The first-order valence-electron chi connectivity index (χ1n) is 5.74. The van der Waals surface area contributed by atoms with Crippen LogP contribution in [0.5, 0.6) is 0 Å². The molecule has 2 N–H and O–H groups in total. The number of terminal acetylenes is 1. The average Bonchev–Trinajstić information content (AvgIpc) is 3.04. The summed E-state index contributed by atoms with van der Waals surface area (Å²) in [6, 6.07) is -0.202. The molecule has 88 valence electrons. The maximum absolute atomic E-state index is 11.6. The van der Waals surface area contributed by atoms with Gasteiger partial charge in [-0.3, -0.25) is 9.69 Å². The van der Waals surface area contributed by atoms with Crippen LogP contribution < -0.4 is 5.32 Å². The molecule has 2 rings (SSSR count). The lowest BCUT2D eigenvalue weighted by molar-refractivity contribution is -0.147. The first-order chi connectivity index (χ1) is 7.57. The van der Waals surface area contributed by atoms with Crippen LogP contribution in [0.1, 0.15) is 19.8 Å². The minimum absolute atomic E-state index is 0.0594. The van der Waals surface area contributed by atoms with Gasteiger partial charge in [0.05, 0.1) is 18.2 Å². The van der Waals surface area contributed by atoms with Gasteiger partial charge in [-0.05, 0) is 25.7 Å². The molecule has 2 fully saturated rings. The van der Waals surface area contributed by atoms with Crippen LogP contribution in [0.3, 0.4) is 0 Å². The summed E-state index contributed by atoms with van der Waals surface area (Å²) in [6.07, 6.45) is 7.33. The van der Waals surface area contributed by atoms with E-state index in [1.165, 1.54) is 0 Å². The van der Waals surface area contributed by atoms with Crippen LogP contribution >= 0.6 is 0 Å². The standard InChI is InChI=1S/C12H18N2O2/c1-3-6-13-11(15)9(2)14-7-12(16,8-14)10-4-5-10/h1,9-10,16H,4-8H2,2H3,(H,13,15). The Kier molecular flexibility index (Phi) is 2.92. The van der Waals surface area contributed by atoms with Crippen molar-refractivity contribution in [3.8, 4) is 12.3 Å². The zero-order chi connectivity index (χ0) is 11.8. The highest BCUT2D eigenvalue weighted by atomic mass is 16.3. The van der Waals surface area contributed by atoms with Gasteiger partial charge < -0.3 is 10.4 Å². The highest BCUT2D eigenvalue weighted by Crippen LogP contribution is 2.44. The lowest BCUT2D eigenvalue weighted by atomic mass is 9.87. The topological polar surface area (TPSA) is 52.6 Å². The molecule has 0 bridgehead atoms. The van der Waals surface area contributed by atoms with Crippen molar-refractivity contribution in [2.24, 2.45) is 5.92 Å². The van der Waals surface area contributed by atoms with Gasteiger partial charge in [-0.2, -0.15) is 0 Å². The number of nitrogens with zero attached hydrogens (tertiary/aromatic N) is 1. The minimum Gasteiger partial charge on any atom is -0.387 e. The summed E-state index contributed by atoms with van der Waals surface area (Å²) in [5.74, 6) is 2.78. The highest BCUT2D eigenvalue weighted by molar-refractivity contribution is 5.81. The summed E-state index contributed by atoms with van der Waals surface area (Å²) < 4.78 is 0. The lowest BCUT2D eigenvalue weighted by Gasteiger charge is -2.49. The number of hydrogen-bond donors (Lipinski definition) is 2. The third-order valence-electron chi connectivity index (χ3n) is 3.58. The van der Waals surface area contributed by atoms with E-state index < -0.39 is 5.60 Å². The molecule has 1 heterocycles. The Balaban J connectivity index is 1.78. The molecule has 1 unspecified atom stereocenters. The van der Waals surface area contributed by atoms with Gasteiger partial charge in [0.15, 0.2) is 0 Å². The van der Waals surface area contributed by atoms with E-state index in [1.807, 2.05) is 11.8 Å². The van der Waals surface area contributed by atoms with Crippen molar-refractivity contribution >= 4 is 5.91 Å². The van der Waals surface area contributed by atoms with Gasteiger partial charge in [0.1, 0.15) is 0 Å². The number of β-amino-alcohol motifs (C(OH)–C–C–N with tert-alkyl or cyclic N) is 1. The van der Waals surface area contributed by atoms with Crippen molar-refractivity contribution in [3.63, 3.8) is 0 Å². The molecule has 1 saturated carbocycles. The second-order valence-electron chi connectivity index (χ2n) is 4.88. The SMILES string of the molecule is C#CCNC(=O)C(C)N1CC(O)(C2CC2)C1. The first-order valence-corrected chi connectivity index (χ1v) is 5.74. The minimum atomic E-state index is -0.527. The summed E-state index contributed by atoms with van der Waals surface area (Å²) in [6.45, 7) is 3.34. The van der Waals surface area contributed by atoms with E-state index in [9.17, 15) is 9.90 Å². The normalized spacial score (nSPS) is 25.3. The maximum atomic E-state index is 11.6. The number of nitrogens with one attached hydrogen (secondary N) is 1. The third kappa shape index (κ3) is 2.06. The van der Waals surface area contributed by atoms with E-state index in [1.54, 1.807) is 0 Å². The summed E-state index contributed by atoms with van der Waals surface area (Å²) in [4.78, 5) is 13.6. The highest BCUT2D eigenvalue weighted by Gasteiger charge is 2.53. The summed E-state index contributed by atoms with van der Waals surface area (Å²) in [5.41, 5.74) is -0.527. The number of amides is 1. The van der Waals surface area contributed by atoms with Crippen molar-refractivity contribution in [2.75, 3.05) is 19.6 Å². The maximum Gasteiger partial charge on any atom is 0.237 e. The molecule has 1 aliphatic heterocycles. The number of hydrogen-bond acceptors (Lipinski definition) is 3. The van der Waals surface area contributed by atoms with Gasteiger partial charge in [-0.1, -0.05) is 5.92 Å². The van der Waals surface area contributed by atoms with E-state index in [0.717, 1.165) is 12.8 Å². The van der Waals surface area contributed by atoms with Gasteiger partial charge in [-0.15, -0.1) is 6.42 Å². The van der Waals surface area contributed by atoms with Gasteiger partial charge in [0.2, 0.25) is 5.91 Å². The lowest BCUT2D eigenvalue weighted by Crippen LogP contribution is -2.67. The molecular formula is C12H18N2O2. The third-order valence-corrected chi connectivity index (χ3v) is 3.58. The van der Waals surface area contributed by atoms with Crippen LogP contribution in [0.15, 0.2) is 0 Å². The van der Waals surface area contributed by atoms with Crippen molar-refractivity contribution in [3.05, 3.63) is 0 Å². The predicted molar refractivity (Wildman–Crippen MR) is 60.6 cm³/mol. The van der Waals surface area contributed by atoms with Crippen LogP contribution in [0.4, 0.5) is 0 Å². The fourth-order valence-electron chi connectivity index (χ4n) is 2.26. The molecule has 2 aliphatic rings. The van der Waals surface area contributed by atoms with Gasteiger partial charge >= 0.3 is 0 Å². The quantitative estimate of drug-likeness (QED) is 0.635. The molecule has 0 aromatic rings. The average molecular weight is 222 g/mol. The van der Waals surface area contributed by atoms with E-state index in [4.69, 9.17) is 6.42 Å². The monoisotopic (exact) mass is 222 g/mol. The molecule has 0 spiro atoms. The fraction of sp³-hybridized carbons (Fsp3) is 0.750. The number of carbonyl (C=O) groups excluding carboxylic acids is 1. The molecule has 4 heteroatoms. The van der Waals surface area contributed by atoms with Gasteiger partial charge in [-0.25, -0.2) is 0 Å². The Bertz CT molecular complexity index is 324. The first kappa shape index (κ1) is 11.4. The largest absolute Gasteiger partial charge is 0.387 e. The van der Waals surface area contributed by atoms with Crippen LogP contribution in [-0.2, 0) is 4.79 Å². The predicted octanol–water partition coefficient (Wildman–Crippen LogP) is -0.419. The molecule has 1 aliphatic carbocycles. The Labute approximate surface area is 96.0 Å². The Morgan fingerprint density at radius 3 is 2.81 bits per heavy atom. The fourth-order valence-corrected chi connectivity index (χ4v) is 2.26. The Morgan fingerprint density at radius 2 is 2.31 bits per heavy atom. The van der Waals surface area contributed by atoms with Crippen LogP contribution in [0.25, 0.3) is 0 Å². The van der Waals surface area contributed by atoms with Crippen molar-refractivity contribution in [1.82, 2.24) is 10.2 Å². The summed E-state index contributed by atoms with van der Waals surface area (Å²) in [5, 5.41) is 12.8. The van der Waals surface area contributed by atoms with Gasteiger partial charge in [0.25, 0.3) is 0 Å². The molecule has 1 atom stereocenters. The summed E-state index contributed by atoms with van der Waals surface area (Å²) in [7, 11) is 0.